The number of carbonyl (C=O) groups is 2. The van der Waals surface area contributed by atoms with Gasteiger partial charge in [-0.15, -0.1) is 0 Å². The molecule has 150 valence electrons. The van der Waals surface area contributed by atoms with E-state index in [1.54, 1.807) is 24.3 Å². The van der Waals surface area contributed by atoms with Crippen molar-refractivity contribution in [2.24, 2.45) is 5.92 Å². The highest BCUT2D eigenvalue weighted by Crippen LogP contribution is 2.24. The molecule has 0 heterocycles. The average molecular weight is 424 g/mol. The van der Waals surface area contributed by atoms with Gasteiger partial charge in [0.2, 0.25) is 10.0 Å². The van der Waals surface area contributed by atoms with Gasteiger partial charge in [0.15, 0.2) is 0 Å². The first-order chi connectivity index (χ1) is 13.1. The summed E-state index contributed by atoms with van der Waals surface area (Å²) in [4.78, 5) is 25.0. The van der Waals surface area contributed by atoms with Gasteiger partial charge < -0.3 is 10.6 Å². The summed E-state index contributed by atoms with van der Waals surface area (Å²) >= 11 is 6.13. The molecule has 0 saturated heterocycles. The zero-order valence-electron chi connectivity index (χ0n) is 15.7. The van der Waals surface area contributed by atoms with E-state index in [0.29, 0.717) is 23.7 Å². The number of hydrogen-bond donors (Lipinski definition) is 3. The lowest BCUT2D eigenvalue weighted by molar-refractivity contribution is 0.0950. The summed E-state index contributed by atoms with van der Waals surface area (Å²) in [6.07, 6.45) is 1.02. The second-order valence-corrected chi connectivity index (χ2v) is 8.83. The summed E-state index contributed by atoms with van der Waals surface area (Å²) in [6, 6.07) is 10.8. The van der Waals surface area contributed by atoms with Gasteiger partial charge in [0.05, 0.1) is 28.1 Å². The van der Waals surface area contributed by atoms with E-state index < -0.39 is 15.9 Å². The second-order valence-electron chi connectivity index (χ2n) is 6.67. The molecule has 2 aromatic rings. The molecule has 0 aliphatic heterocycles. The summed E-state index contributed by atoms with van der Waals surface area (Å²) in [5.74, 6) is -0.507. The van der Waals surface area contributed by atoms with Crippen LogP contribution in [0, 0.1) is 5.92 Å². The topological polar surface area (TPSA) is 104 Å². The molecule has 0 aliphatic rings. The number of rotatable bonds is 7. The number of para-hydroxylation sites is 1. The van der Waals surface area contributed by atoms with Crippen LogP contribution in [0.5, 0.6) is 0 Å². The molecule has 7 nitrogen and oxygen atoms in total. The maximum Gasteiger partial charge on any atom is 0.257 e. The van der Waals surface area contributed by atoms with Gasteiger partial charge in [0.1, 0.15) is 0 Å². The lowest BCUT2D eigenvalue weighted by Gasteiger charge is -2.13. The fourth-order valence-electron chi connectivity index (χ4n) is 2.35. The molecule has 28 heavy (non-hydrogen) atoms. The highest BCUT2D eigenvalue weighted by Gasteiger charge is 2.16. The van der Waals surface area contributed by atoms with Gasteiger partial charge in [0, 0.05) is 12.2 Å². The Balaban J connectivity index is 2.20. The van der Waals surface area contributed by atoms with Gasteiger partial charge in [-0.25, -0.2) is 8.42 Å². The van der Waals surface area contributed by atoms with E-state index in [0.717, 1.165) is 6.26 Å². The van der Waals surface area contributed by atoms with Crippen LogP contribution in [0.15, 0.2) is 42.5 Å². The van der Waals surface area contributed by atoms with Gasteiger partial charge in [0.25, 0.3) is 11.8 Å². The van der Waals surface area contributed by atoms with Crippen LogP contribution in [0.25, 0.3) is 0 Å². The van der Waals surface area contributed by atoms with Crippen molar-refractivity contribution in [1.29, 1.82) is 0 Å². The third-order valence-corrected chi connectivity index (χ3v) is 4.53. The molecule has 0 spiro atoms. The van der Waals surface area contributed by atoms with Crippen LogP contribution in [-0.4, -0.2) is 33.0 Å². The van der Waals surface area contributed by atoms with Crippen molar-refractivity contribution in [3.05, 3.63) is 58.6 Å². The van der Waals surface area contributed by atoms with Crippen LogP contribution >= 0.6 is 11.6 Å². The van der Waals surface area contributed by atoms with E-state index in [2.05, 4.69) is 15.4 Å². The minimum absolute atomic E-state index is 0.0768. The van der Waals surface area contributed by atoms with Crippen molar-refractivity contribution >= 4 is 44.8 Å². The molecule has 2 aromatic carbocycles. The maximum atomic E-state index is 12.6. The molecule has 9 heteroatoms. The predicted molar refractivity (Wildman–Crippen MR) is 111 cm³/mol. The molecule has 0 fully saturated rings. The van der Waals surface area contributed by atoms with E-state index in [4.69, 9.17) is 11.6 Å². The second kappa shape index (κ2) is 9.07. The van der Waals surface area contributed by atoms with Crippen molar-refractivity contribution in [3.8, 4) is 0 Å². The molecule has 3 N–H and O–H groups in total. The number of amides is 2. The minimum atomic E-state index is -3.46. The Kier molecular flexibility index (Phi) is 7.04. The molecule has 0 aromatic heterocycles. The molecule has 2 rings (SSSR count). The van der Waals surface area contributed by atoms with Crippen molar-refractivity contribution in [1.82, 2.24) is 5.32 Å². The first-order valence-corrected chi connectivity index (χ1v) is 10.8. The summed E-state index contributed by atoms with van der Waals surface area (Å²) in [5, 5.41) is 5.57. The van der Waals surface area contributed by atoms with E-state index in [-0.39, 0.29) is 22.2 Å². The minimum Gasteiger partial charge on any atom is -0.352 e. The van der Waals surface area contributed by atoms with E-state index >= 15 is 0 Å². The average Bonchev–Trinajstić information content (AvgIpc) is 2.58. The molecule has 0 bridgehead atoms. The highest BCUT2D eigenvalue weighted by atomic mass is 35.5. The standard InChI is InChI=1S/C19H22ClN3O4S/c1-12(2)11-21-18(24)15-6-4-5-7-17(15)22-19(25)14-9-8-13(10-16(14)20)23-28(3,26)27/h4-10,12,23H,11H2,1-3H3,(H,21,24)(H,22,25). The zero-order valence-corrected chi connectivity index (χ0v) is 17.3. The molecule has 2 amide bonds. The first kappa shape index (κ1) is 21.7. The Morgan fingerprint density at radius 1 is 1.04 bits per heavy atom. The maximum absolute atomic E-state index is 12.6. The van der Waals surface area contributed by atoms with Gasteiger partial charge in [-0.2, -0.15) is 0 Å². The lowest BCUT2D eigenvalue weighted by Crippen LogP contribution is -2.28. The number of anilines is 2. The molecular weight excluding hydrogens is 402 g/mol. The summed E-state index contributed by atoms with van der Waals surface area (Å²) in [7, 11) is -3.46. The zero-order chi connectivity index (χ0) is 20.9. The summed E-state index contributed by atoms with van der Waals surface area (Å²) in [5.41, 5.74) is 1.08. The molecule has 0 unspecified atom stereocenters. The van der Waals surface area contributed by atoms with E-state index in [9.17, 15) is 18.0 Å². The fourth-order valence-corrected chi connectivity index (χ4v) is 3.17. The quantitative estimate of drug-likeness (QED) is 0.635. The normalized spacial score (nSPS) is 11.2. The largest absolute Gasteiger partial charge is 0.352 e. The number of benzene rings is 2. The Hall–Kier alpha value is -2.58. The van der Waals surface area contributed by atoms with Crippen molar-refractivity contribution in [3.63, 3.8) is 0 Å². The first-order valence-electron chi connectivity index (χ1n) is 8.52. The van der Waals surface area contributed by atoms with E-state index in [1.165, 1.54) is 18.2 Å². The molecule has 0 radical (unpaired) electrons. The Labute approximate surface area is 169 Å². The van der Waals surface area contributed by atoms with Crippen molar-refractivity contribution in [2.45, 2.75) is 13.8 Å². The number of halogens is 1. The van der Waals surface area contributed by atoms with E-state index in [1.807, 2.05) is 13.8 Å². The molecule has 0 aliphatic carbocycles. The third kappa shape index (κ3) is 6.24. The van der Waals surface area contributed by atoms with Gasteiger partial charge in [-0.1, -0.05) is 37.6 Å². The van der Waals surface area contributed by atoms with Crippen LogP contribution in [0.1, 0.15) is 34.6 Å². The Morgan fingerprint density at radius 2 is 1.71 bits per heavy atom. The van der Waals surface area contributed by atoms with Gasteiger partial charge in [-0.05, 0) is 36.2 Å². The number of hydrogen-bond acceptors (Lipinski definition) is 4. The van der Waals surface area contributed by atoms with Gasteiger partial charge in [-0.3, -0.25) is 14.3 Å². The van der Waals surface area contributed by atoms with Crippen LogP contribution < -0.4 is 15.4 Å². The number of nitrogens with one attached hydrogen (secondary N) is 3. The Bertz CT molecular complexity index is 990. The lowest BCUT2D eigenvalue weighted by atomic mass is 10.1. The highest BCUT2D eigenvalue weighted by molar-refractivity contribution is 7.92. The number of carbonyl (C=O) groups excluding carboxylic acids is 2. The summed E-state index contributed by atoms with van der Waals surface area (Å²) < 4.78 is 24.9. The fraction of sp³-hybridized carbons (Fsp3) is 0.263. The predicted octanol–water partition coefficient (Wildman–Crippen LogP) is 3.35. The van der Waals surface area contributed by atoms with Crippen molar-refractivity contribution < 1.29 is 18.0 Å². The van der Waals surface area contributed by atoms with Crippen molar-refractivity contribution in [2.75, 3.05) is 22.8 Å². The third-order valence-electron chi connectivity index (χ3n) is 3.61. The molecule has 0 saturated carbocycles. The van der Waals surface area contributed by atoms with Crippen LogP contribution in [0.3, 0.4) is 0 Å². The molecule has 0 atom stereocenters. The molecular formula is C19H22ClN3O4S. The van der Waals surface area contributed by atoms with Crippen LogP contribution in [0.4, 0.5) is 11.4 Å². The smallest absolute Gasteiger partial charge is 0.257 e. The van der Waals surface area contributed by atoms with Crippen LogP contribution in [-0.2, 0) is 10.0 Å². The Morgan fingerprint density at radius 3 is 2.32 bits per heavy atom. The van der Waals surface area contributed by atoms with Gasteiger partial charge >= 0.3 is 0 Å². The SMILES string of the molecule is CC(C)CNC(=O)c1ccccc1NC(=O)c1ccc(NS(C)(=O)=O)cc1Cl. The van der Waals surface area contributed by atoms with Crippen LogP contribution in [0.2, 0.25) is 5.02 Å². The monoisotopic (exact) mass is 423 g/mol. The summed E-state index contributed by atoms with van der Waals surface area (Å²) in [6.45, 7) is 4.48. The number of sulfonamides is 1.